The number of aryl methyl sites for hydroxylation is 1. The van der Waals surface area contributed by atoms with Gasteiger partial charge < -0.3 is 4.74 Å². The summed E-state index contributed by atoms with van der Waals surface area (Å²) >= 11 is 22.6. The van der Waals surface area contributed by atoms with Gasteiger partial charge in [-0.1, -0.05) is 34.8 Å². The summed E-state index contributed by atoms with van der Waals surface area (Å²) in [7, 11) is 0. The smallest absolute Gasteiger partial charge is 0.171 e. The van der Waals surface area contributed by atoms with Crippen molar-refractivity contribution in [2.24, 2.45) is 0 Å². The van der Waals surface area contributed by atoms with E-state index in [2.05, 4.69) is 17.6 Å². The largest absolute Gasteiger partial charge is 0.452 e. The van der Waals surface area contributed by atoms with E-state index in [1.807, 2.05) is 13.8 Å². The molecular formula is C13H10Cl3NOS. The van der Waals surface area contributed by atoms with Gasteiger partial charge in [-0.2, -0.15) is 0 Å². The van der Waals surface area contributed by atoms with Crippen LogP contribution in [-0.2, 0) is 0 Å². The molecule has 0 amide bonds. The first-order valence-electron chi connectivity index (χ1n) is 5.38. The number of rotatable bonds is 2. The molecule has 2 aromatic rings. The lowest BCUT2D eigenvalue weighted by Gasteiger charge is -2.13. The van der Waals surface area contributed by atoms with Crippen molar-refractivity contribution in [3.8, 4) is 11.5 Å². The van der Waals surface area contributed by atoms with E-state index in [9.17, 15) is 0 Å². The zero-order valence-electron chi connectivity index (χ0n) is 10.2. The van der Waals surface area contributed by atoms with Gasteiger partial charge in [0, 0.05) is 21.7 Å². The molecule has 6 heteroatoms. The van der Waals surface area contributed by atoms with Crippen LogP contribution in [0.4, 0.5) is 0 Å². The highest BCUT2D eigenvalue weighted by molar-refractivity contribution is 7.80. The molecule has 1 heterocycles. The third kappa shape index (κ3) is 3.11. The highest BCUT2D eigenvalue weighted by Crippen LogP contribution is 2.40. The Hall–Kier alpha value is -0.610. The fourth-order valence-electron chi connectivity index (χ4n) is 1.46. The molecule has 0 aliphatic carbocycles. The van der Waals surface area contributed by atoms with Gasteiger partial charge in [-0.15, -0.1) is 12.6 Å². The van der Waals surface area contributed by atoms with Crippen molar-refractivity contribution >= 4 is 47.4 Å². The molecule has 2 nitrogen and oxygen atoms in total. The predicted octanol–water partition coefficient (Wildman–Crippen LogP) is 5.74. The maximum Gasteiger partial charge on any atom is 0.171 e. The fraction of sp³-hybridized carbons (Fsp3) is 0.154. The topological polar surface area (TPSA) is 22.1 Å². The van der Waals surface area contributed by atoms with Crippen molar-refractivity contribution in [3.05, 3.63) is 44.7 Å². The van der Waals surface area contributed by atoms with Crippen LogP contribution in [-0.4, -0.2) is 4.98 Å². The molecule has 0 fully saturated rings. The molecule has 19 heavy (non-hydrogen) atoms. The number of benzene rings is 1. The van der Waals surface area contributed by atoms with Gasteiger partial charge in [0.2, 0.25) is 0 Å². The van der Waals surface area contributed by atoms with E-state index in [4.69, 9.17) is 39.5 Å². The Kier molecular flexibility index (Phi) is 4.51. The summed E-state index contributed by atoms with van der Waals surface area (Å²) < 4.78 is 5.65. The molecule has 0 spiro atoms. The first-order valence-corrected chi connectivity index (χ1v) is 6.97. The van der Waals surface area contributed by atoms with E-state index >= 15 is 0 Å². The number of hydrogen-bond donors (Lipinski definition) is 1. The van der Waals surface area contributed by atoms with Crippen molar-refractivity contribution in [2.45, 2.75) is 18.7 Å². The van der Waals surface area contributed by atoms with Gasteiger partial charge in [-0.05, 0) is 31.5 Å². The van der Waals surface area contributed by atoms with E-state index in [-0.39, 0.29) is 5.15 Å². The molecule has 0 bridgehead atoms. The minimum Gasteiger partial charge on any atom is -0.452 e. The van der Waals surface area contributed by atoms with E-state index in [1.165, 1.54) is 0 Å². The van der Waals surface area contributed by atoms with Crippen molar-refractivity contribution in [1.82, 2.24) is 4.98 Å². The molecule has 0 N–H and O–H groups in total. The lowest BCUT2D eigenvalue weighted by molar-refractivity contribution is 0.479. The van der Waals surface area contributed by atoms with E-state index in [0.29, 0.717) is 26.4 Å². The maximum atomic E-state index is 6.18. The summed E-state index contributed by atoms with van der Waals surface area (Å²) in [5.41, 5.74) is 1.61. The molecular weight excluding hydrogens is 325 g/mol. The van der Waals surface area contributed by atoms with E-state index in [0.717, 1.165) is 11.3 Å². The van der Waals surface area contributed by atoms with Crippen LogP contribution < -0.4 is 4.74 Å². The second kappa shape index (κ2) is 5.80. The maximum absolute atomic E-state index is 6.18. The van der Waals surface area contributed by atoms with E-state index < -0.39 is 0 Å². The summed E-state index contributed by atoms with van der Waals surface area (Å²) in [6.07, 6.45) is 0. The Labute approximate surface area is 132 Å². The van der Waals surface area contributed by atoms with Crippen LogP contribution in [0, 0.1) is 13.8 Å². The molecule has 0 aliphatic rings. The number of hydrogen-bond acceptors (Lipinski definition) is 3. The minimum absolute atomic E-state index is 0.272. The highest BCUT2D eigenvalue weighted by atomic mass is 35.5. The van der Waals surface area contributed by atoms with Gasteiger partial charge in [-0.25, -0.2) is 4.98 Å². The molecule has 100 valence electrons. The number of halogens is 3. The van der Waals surface area contributed by atoms with Gasteiger partial charge in [0.05, 0.1) is 5.02 Å². The quantitative estimate of drug-likeness (QED) is 0.559. The van der Waals surface area contributed by atoms with Crippen LogP contribution in [0.15, 0.2) is 23.1 Å². The summed E-state index contributed by atoms with van der Waals surface area (Å²) in [6.45, 7) is 3.68. The standard InChI is InChI=1S/C13H10Cl3NOS/c1-6-3-4-9(13(16)17-6)18-10-5-8(14)7(2)12(19)11(10)15/h3-5,19H,1-2H3. The highest BCUT2D eigenvalue weighted by Gasteiger charge is 2.14. The Balaban J connectivity index is 2.44. The van der Waals surface area contributed by atoms with Crippen LogP contribution >= 0.6 is 47.4 Å². The zero-order chi connectivity index (χ0) is 14.2. The molecule has 1 aromatic carbocycles. The van der Waals surface area contributed by atoms with Crippen LogP contribution in [0.5, 0.6) is 11.5 Å². The van der Waals surface area contributed by atoms with Crippen LogP contribution in [0.25, 0.3) is 0 Å². The third-order valence-electron chi connectivity index (χ3n) is 2.57. The number of nitrogens with zero attached hydrogens (tertiary/aromatic N) is 1. The lowest BCUT2D eigenvalue weighted by Crippen LogP contribution is -1.92. The molecule has 2 rings (SSSR count). The van der Waals surface area contributed by atoms with Crippen molar-refractivity contribution < 1.29 is 4.74 Å². The molecule has 0 saturated heterocycles. The summed E-state index contributed by atoms with van der Waals surface area (Å²) in [4.78, 5) is 4.69. The Bertz CT molecular complexity index is 646. The lowest BCUT2D eigenvalue weighted by atomic mass is 10.2. The molecule has 0 atom stereocenters. The second-order valence-electron chi connectivity index (χ2n) is 3.99. The Morgan fingerprint density at radius 2 is 1.79 bits per heavy atom. The Morgan fingerprint density at radius 1 is 1.11 bits per heavy atom. The normalized spacial score (nSPS) is 10.6. The molecule has 0 aliphatic heterocycles. The van der Waals surface area contributed by atoms with Gasteiger partial charge in [0.25, 0.3) is 0 Å². The first-order chi connectivity index (χ1) is 8.90. The number of aromatic nitrogens is 1. The monoisotopic (exact) mass is 333 g/mol. The van der Waals surface area contributed by atoms with Crippen molar-refractivity contribution in [1.29, 1.82) is 0 Å². The zero-order valence-corrected chi connectivity index (χ0v) is 13.3. The van der Waals surface area contributed by atoms with Crippen LogP contribution in [0.3, 0.4) is 0 Å². The molecule has 0 saturated carbocycles. The third-order valence-corrected chi connectivity index (χ3v) is 4.30. The summed E-state index contributed by atoms with van der Waals surface area (Å²) in [6, 6.07) is 5.16. The van der Waals surface area contributed by atoms with Gasteiger partial charge in [0.15, 0.2) is 10.9 Å². The first kappa shape index (κ1) is 14.8. The fourth-order valence-corrected chi connectivity index (χ4v) is 2.42. The predicted molar refractivity (Wildman–Crippen MR) is 82.5 cm³/mol. The van der Waals surface area contributed by atoms with Crippen molar-refractivity contribution in [3.63, 3.8) is 0 Å². The number of pyridine rings is 1. The van der Waals surface area contributed by atoms with Gasteiger partial charge in [0.1, 0.15) is 5.75 Å². The second-order valence-corrected chi connectivity index (χ2v) is 5.58. The summed E-state index contributed by atoms with van der Waals surface area (Å²) in [5.74, 6) is 0.816. The molecule has 0 radical (unpaired) electrons. The molecule has 0 unspecified atom stereocenters. The average Bonchev–Trinajstić information content (AvgIpc) is 2.36. The number of thiol groups is 1. The van der Waals surface area contributed by atoms with Gasteiger partial charge >= 0.3 is 0 Å². The van der Waals surface area contributed by atoms with Crippen LogP contribution in [0.2, 0.25) is 15.2 Å². The Morgan fingerprint density at radius 3 is 2.42 bits per heavy atom. The van der Waals surface area contributed by atoms with E-state index in [1.54, 1.807) is 18.2 Å². The van der Waals surface area contributed by atoms with Crippen molar-refractivity contribution in [2.75, 3.05) is 0 Å². The SMILES string of the molecule is Cc1ccc(Oc2cc(Cl)c(C)c(S)c2Cl)c(Cl)n1. The summed E-state index contributed by atoms with van der Waals surface area (Å²) in [5, 5.41) is 1.19. The average molecular weight is 335 g/mol. The molecule has 1 aromatic heterocycles. The minimum atomic E-state index is 0.272. The van der Waals surface area contributed by atoms with Gasteiger partial charge in [-0.3, -0.25) is 0 Å². The van der Waals surface area contributed by atoms with Crippen LogP contribution in [0.1, 0.15) is 11.3 Å². The number of ether oxygens (including phenoxy) is 1.